The van der Waals surface area contributed by atoms with Crippen LogP contribution in [0.25, 0.3) is 0 Å². The number of para-hydroxylation sites is 1. The summed E-state index contributed by atoms with van der Waals surface area (Å²) in [6.45, 7) is 2.08. The average molecular weight is 295 g/mol. The van der Waals surface area contributed by atoms with Crippen molar-refractivity contribution in [3.63, 3.8) is 0 Å². The van der Waals surface area contributed by atoms with Gasteiger partial charge in [-0.25, -0.2) is 0 Å². The Kier molecular flexibility index (Phi) is 4.66. The number of aliphatic imine (C=N–C) groups is 1. The molecule has 0 atom stereocenters. The SMILES string of the molecule is Cc1ccc(C=Nc2ccccc2C#Cc2ccccc2)cc1. The van der Waals surface area contributed by atoms with Crippen LogP contribution in [0, 0.1) is 18.8 Å². The molecule has 0 aromatic heterocycles. The number of hydrogen-bond acceptors (Lipinski definition) is 1. The molecule has 0 N–H and O–H groups in total. The van der Waals surface area contributed by atoms with Gasteiger partial charge in [-0.3, -0.25) is 4.99 Å². The van der Waals surface area contributed by atoms with Crippen LogP contribution < -0.4 is 0 Å². The molecule has 0 saturated heterocycles. The fourth-order valence-corrected chi connectivity index (χ4v) is 2.15. The monoisotopic (exact) mass is 295 g/mol. The lowest BCUT2D eigenvalue weighted by Crippen LogP contribution is -1.82. The lowest BCUT2D eigenvalue weighted by molar-refractivity contribution is 1.45. The molecule has 0 saturated carbocycles. The Morgan fingerprint density at radius 2 is 1.43 bits per heavy atom. The number of benzene rings is 3. The molecule has 0 bridgehead atoms. The highest BCUT2D eigenvalue weighted by Gasteiger charge is 1.96. The van der Waals surface area contributed by atoms with Crippen molar-refractivity contribution < 1.29 is 0 Å². The van der Waals surface area contributed by atoms with Crippen LogP contribution in [0.15, 0.2) is 83.9 Å². The third kappa shape index (κ3) is 4.18. The highest BCUT2D eigenvalue weighted by molar-refractivity contribution is 5.82. The minimum Gasteiger partial charge on any atom is -0.255 e. The standard InChI is InChI=1S/C22H17N/c1-18-11-13-20(14-12-18)17-23-22-10-6-5-9-21(22)16-15-19-7-3-2-4-8-19/h2-14,17H,1H3. The van der Waals surface area contributed by atoms with Crippen molar-refractivity contribution in [3.05, 3.63) is 101 Å². The van der Waals surface area contributed by atoms with E-state index < -0.39 is 0 Å². The predicted molar refractivity (Wildman–Crippen MR) is 97.3 cm³/mol. The number of hydrogen-bond donors (Lipinski definition) is 0. The van der Waals surface area contributed by atoms with E-state index in [0.29, 0.717) is 0 Å². The molecule has 0 aliphatic carbocycles. The molecule has 0 unspecified atom stereocenters. The summed E-state index contributed by atoms with van der Waals surface area (Å²) < 4.78 is 0. The third-order valence-electron chi connectivity index (χ3n) is 3.45. The van der Waals surface area contributed by atoms with Crippen LogP contribution in [-0.2, 0) is 0 Å². The molecular weight excluding hydrogens is 278 g/mol. The van der Waals surface area contributed by atoms with Crippen LogP contribution in [-0.4, -0.2) is 6.21 Å². The van der Waals surface area contributed by atoms with Gasteiger partial charge in [-0.15, -0.1) is 0 Å². The van der Waals surface area contributed by atoms with E-state index in [-0.39, 0.29) is 0 Å². The van der Waals surface area contributed by atoms with Gasteiger partial charge in [0.15, 0.2) is 0 Å². The zero-order chi connectivity index (χ0) is 15.9. The van der Waals surface area contributed by atoms with E-state index in [4.69, 9.17) is 0 Å². The van der Waals surface area contributed by atoms with Gasteiger partial charge in [-0.1, -0.05) is 72.0 Å². The molecule has 1 nitrogen and oxygen atoms in total. The van der Waals surface area contributed by atoms with Gasteiger partial charge in [0, 0.05) is 11.8 Å². The number of aryl methyl sites for hydroxylation is 1. The van der Waals surface area contributed by atoms with E-state index in [1.54, 1.807) is 0 Å². The molecular formula is C22H17N. The first kappa shape index (κ1) is 14.8. The first-order valence-corrected chi connectivity index (χ1v) is 7.58. The van der Waals surface area contributed by atoms with Crippen LogP contribution in [0.1, 0.15) is 22.3 Å². The van der Waals surface area contributed by atoms with Crippen molar-refractivity contribution in [1.82, 2.24) is 0 Å². The van der Waals surface area contributed by atoms with Crippen LogP contribution >= 0.6 is 0 Å². The summed E-state index contributed by atoms with van der Waals surface area (Å²) in [5.74, 6) is 6.39. The molecule has 0 aliphatic heterocycles. The minimum atomic E-state index is 0.886. The molecule has 0 spiro atoms. The van der Waals surface area contributed by atoms with Crippen molar-refractivity contribution in [2.75, 3.05) is 0 Å². The lowest BCUT2D eigenvalue weighted by atomic mass is 10.1. The number of nitrogens with zero attached hydrogens (tertiary/aromatic N) is 1. The van der Waals surface area contributed by atoms with Crippen molar-refractivity contribution >= 4 is 11.9 Å². The fourth-order valence-electron chi connectivity index (χ4n) is 2.15. The largest absolute Gasteiger partial charge is 0.255 e. The predicted octanol–water partition coefficient (Wildman–Crippen LogP) is 5.15. The van der Waals surface area contributed by atoms with Crippen molar-refractivity contribution in [3.8, 4) is 11.8 Å². The molecule has 0 aliphatic rings. The maximum absolute atomic E-state index is 4.59. The van der Waals surface area contributed by atoms with Crippen LogP contribution in [0.2, 0.25) is 0 Å². The Morgan fingerprint density at radius 3 is 2.22 bits per heavy atom. The zero-order valence-corrected chi connectivity index (χ0v) is 13.0. The maximum Gasteiger partial charge on any atom is 0.0786 e. The molecule has 3 rings (SSSR count). The minimum absolute atomic E-state index is 0.886. The van der Waals surface area contributed by atoms with E-state index in [2.05, 4.69) is 48.0 Å². The van der Waals surface area contributed by atoms with Crippen LogP contribution in [0.4, 0.5) is 5.69 Å². The summed E-state index contributed by atoms with van der Waals surface area (Å²) in [5.41, 5.74) is 5.15. The molecule has 0 radical (unpaired) electrons. The summed E-state index contributed by atoms with van der Waals surface area (Å²) in [7, 11) is 0. The van der Waals surface area contributed by atoms with Crippen molar-refractivity contribution in [2.45, 2.75) is 6.92 Å². The van der Waals surface area contributed by atoms with Gasteiger partial charge in [0.05, 0.1) is 11.3 Å². The summed E-state index contributed by atoms with van der Waals surface area (Å²) in [5, 5.41) is 0. The van der Waals surface area contributed by atoms with Gasteiger partial charge < -0.3 is 0 Å². The van der Waals surface area contributed by atoms with Gasteiger partial charge in [-0.05, 0) is 36.8 Å². The summed E-state index contributed by atoms with van der Waals surface area (Å²) in [6.07, 6.45) is 1.88. The van der Waals surface area contributed by atoms with Gasteiger partial charge in [-0.2, -0.15) is 0 Å². The molecule has 1 heteroatoms. The molecule has 110 valence electrons. The molecule has 0 fully saturated rings. The highest BCUT2D eigenvalue weighted by Crippen LogP contribution is 2.17. The zero-order valence-electron chi connectivity index (χ0n) is 13.0. The smallest absolute Gasteiger partial charge is 0.0786 e. The highest BCUT2D eigenvalue weighted by atomic mass is 14.7. The Labute approximate surface area is 137 Å². The van der Waals surface area contributed by atoms with Crippen molar-refractivity contribution in [2.24, 2.45) is 4.99 Å². The Morgan fingerprint density at radius 1 is 0.739 bits per heavy atom. The van der Waals surface area contributed by atoms with E-state index in [1.807, 2.05) is 60.8 Å². The second kappa shape index (κ2) is 7.24. The van der Waals surface area contributed by atoms with Gasteiger partial charge >= 0.3 is 0 Å². The van der Waals surface area contributed by atoms with Gasteiger partial charge in [0.25, 0.3) is 0 Å². The third-order valence-corrected chi connectivity index (χ3v) is 3.45. The van der Waals surface area contributed by atoms with Crippen LogP contribution in [0.3, 0.4) is 0 Å². The van der Waals surface area contributed by atoms with Gasteiger partial charge in [0.2, 0.25) is 0 Å². The Balaban J connectivity index is 1.86. The normalized spacial score (nSPS) is 10.3. The fraction of sp³-hybridized carbons (Fsp3) is 0.0455. The second-order valence-corrected chi connectivity index (χ2v) is 5.30. The van der Waals surface area contributed by atoms with Gasteiger partial charge in [0.1, 0.15) is 0 Å². The number of rotatable bonds is 2. The van der Waals surface area contributed by atoms with E-state index in [1.165, 1.54) is 5.56 Å². The maximum atomic E-state index is 4.59. The summed E-state index contributed by atoms with van der Waals surface area (Å²) in [4.78, 5) is 4.59. The quantitative estimate of drug-likeness (QED) is 0.458. The van der Waals surface area contributed by atoms with E-state index in [9.17, 15) is 0 Å². The molecule has 23 heavy (non-hydrogen) atoms. The topological polar surface area (TPSA) is 12.4 Å². The van der Waals surface area contributed by atoms with Crippen molar-refractivity contribution in [1.29, 1.82) is 0 Å². The average Bonchev–Trinajstić information content (AvgIpc) is 2.61. The summed E-state index contributed by atoms with van der Waals surface area (Å²) in [6, 6.07) is 26.2. The lowest BCUT2D eigenvalue weighted by Gasteiger charge is -1.98. The van der Waals surface area contributed by atoms with E-state index >= 15 is 0 Å². The Bertz CT molecular complexity index is 863. The van der Waals surface area contributed by atoms with E-state index in [0.717, 1.165) is 22.4 Å². The molecule has 3 aromatic carbocycles. The Hall–Kier alpha value is -3.11. The molecule has 0 amide bonds. The first-order valence-electron chi connectivity index (χ1n) is 7.58. The second-order valence-electron chi connectivity index (χ2n) is 5.30. The summed E-state index contributed by atoms with van der Waals surface area (Å²) >= 11 is 0. The first-order chi connectivity index (χ1) is 11.3. The molecule has 0 heterocycles. The van der Waals surface area contributed by atoms with Crippen LogP contribution in [0.5, 0.6) is 0 Å². The molecule has 3 aromatic rings.